The second-order valence-electron chi connectivity index (χ2n) is 4.48. The van der Waals surface area contributed by atoms with Crippen molar-refractivity contribution in [3.8, 4) is 5.75 Å². The van der Waals surface area contributed by atoms with Crippen LogP contribution in [-0.2, 0) is 13.1 Å². The van der Waals surface area contributed by atoms with Crippen LogP contribution in [0.25, 0.3) is 0 Å². The zero-order valence-electron chi connectivity index (χ0n) is 12.5. The summed E-state index contributed by atoms with van der Waals surface area (Å²) in [5, 5.41) is 6.47. The van der Waals surface area contributed by atoms with Crippen LogP contribution < -0.4 is 15.8 Å². The maximum absolute atomic E-state index is 12.0. The van der Waals surface area contributed by atoms with Crippen LogP contribution in [0.2, 0.25) is 0 Å². The molecule has 1 aromatic heterocycles. The molecule has 0 aliphatic heterocycles. The van der Waals surface area contributed by atoms with E-state index in [0.29, 0.717) is 17.3 Å². The van der Waals surface area contributed by atoms with Crippen LogP contribution in [0.1, 0.15) is 17.3 Å². The lowest BCUT2D eigenvalue weighted by Gasteiger charge is -2.08. The molecule has 0 fully saturated rings. The Balaban J connectivity index is 0.00000288. The molecule has 0 bridgehead atoms. The smallest absolute Gasteiger partial charge is 0.406 e. The molecule has 0 unspecified atom stereocenters. The van der Waals surface area contributed by atoms with Crippen LogP contribution >= 0.6 is 24.0 Å². The molecule has 11 heteroatoms. The number of aliphatic imine (C=N–C) groups is 1. The van der Waals surface area contributed by atoms with Gasteiger partial charge in [0.25, 0.3) is 0 Å². The topological polar surface area (TPSA) is 98.6 Å². The number of aromatic nitrogens is 2. The van der Waals surface area contributed by atoms with Crippen LogP contribution in [0.15, 0.2) is 33.8 Å². The zero-order chi connectivity index (χ0) is 16.9. The molecule has 132 valence electrons. The number of alkyl halides is 3. The number of guanidine groups is 1. The minimum atomic E-state index is -4.71. The molecule has 0 atom stereocenters. The van der Waals surface area contributed by atoms with E-state index >= 15 is 0 Å². The fourth-order valence-corrected chi connectivity index (χ4v) is 1.61. The highest BCUT2D eigenvalue weighted by molar-refractivity contribution is 14.0. The number of benzene rings is 1. The van der Waals surface area contributed by atoms with E-state index in [9.17, 15) is 13.2 Å². The van der Waals surface area contributed by atoms with Gasteiger partial charge in [0.05, 0.1) is 13.1 Å². The van der Waals surface area contributed by atoms with Crippen molar-refractivity contribution in [1.82, 2.24) is 15.5 Å². The van der Waals surface area contributed by atoms with E-state index < -0.39 is 6.36 Å². The number of ether oxygens (including phenoxy) is 1. The lowest BCUT2D eigenvalue weighted by Crippen LogP contribution is -2.31. The summed E-state index contributed by atoms with van der Waals surface area (Å²) in [7, 11) is 0. The van der Waals surface area contributed by atoms with Crippen LogP contribution in [0.4, 0.5) is 13.2 Å². The van der Waals surface area contributed by atoms with Crippen molar-refractivity contribution in [3.63, 3.8) is 0 Å². The monoisotopic (exact) mass is 457 g/mol. The van der Waals surface area contributed by atoms with Gasteiger partial charge in [0.2, 0.25) is 5.89 Å². The van der Waals surface area contributed by atoms with Gasteiger partial charge >= 0.3 is 6.36 Å². The maximum atomic E-state index is 12.0. The molecular weight excluding hydrogens is 442 g/mol. The van der Waals surface area contributed by atoms with Gasteiger partial charge in [-0.25, -0.2) is 4.99 Å². The lowest BCUT2D eigenvalue weighted by atomic mass is 10.2. The summed E-state index contributed by atoms with van der Waals surface area (Å²) in [4.78, 5) is 8.04. The number of hydrogen-bond donors (Lipinski definition) is 2. The summed E-state index contributed by atoms with van der Waals surface area (Å²) in [6.07, 6.45) is -4.71. The van der Waals surface area contributed by atoms with Gasteiger partial charge in [-0.3, -0.25) is 0 Å². The Labute approximate surface area is 152 Å². The molecule has 3 N–H and O–H groups in total. The first kappa shape index (κ1) is 20.0. The molecule has 0 radical (unpaired) electrons. The first-order valence-electron chi connectivity index (χ1n) is 6.49. The predicted molar refractivity (Wildman–Crippen MR) is 89.7 cm³/mol. The molecule has 24 heavy (non-hydrogen) atoms. The number of aryl methyl sites for hydroxylation is 1. The number of nitrogens with zero attached hydrogens (tertiary/aromatic N) is 3. The number of halogens is 4. The van der Waals surface area contributed by atoms with E-state index in [1.165, 1.54) is 24.3 Å². The highest BCUT2D eigenvalue weighted by Gasteiger charge is 2.30. The van der Waals surface area contributed by atoms with Gasteiger partial charge < -0.3 is 20.3 Å². The van der Waals surface area contributed by atoms with Crippen molar-refractivity contribution in [1.29, 1.82) is 0 Å². The quantitative estimate of drug-likeness (QED) is 0.407. The highest BCUT2D eigenvalue weighted by atomic mass is 127. The van der Waals surface area contributed by atoms with Crippen LogP contribution in [-0.4, -0.2) is 22.5 Å². The summed E-state index contributed by atoms with van der Waals surface area (Å²) in [5.74, 6) is 0.750. The molecule has 7 nitrogen and oxygen atoms in total. The summed E-state index contributed by atoms with van der Waals surface area (Å²) >= 11 is 0. The third-order valence-electron chi connectivity index (χ3n) is 2.59. The summed E-state index contributed by atoms with van der Waals surface area (Å²) in [5.41, 5.74) is 6.35. The molecule has 1 aromatic carbocycles. The molecule has 0 saturated carbocycles. The Kier molecular flexibility index (Phi) is 7.25. The molecular formula is C13H15F3IN5O2. The average Bonchev–Trinajstić information content (AvgIpc) is 2.88. The van der Waals surface area contributed by atoms with Crippen molar-refractivity contribution in [2.24, 2.45) is 10.7 Å². The molecule has 2 rings (SSSR count). The van der Waals surface area contributed by atoms with Gasteiger partial charge in [-0.15, -0.1) is 37.1 Å². The molecule has 0 aliphatic carbocycles. The number of hydrogen-bond acceptors (Lipinski definition) is 5. The summed E-state index contributed by atoms with van der Waals surface area (Å²) < 4.78 is 44.7. The van der Waals surface area contributed by atoms with Crippen LogP contribution in [0.5, 0.6) is 5.75 Å². The van der Waals surface area contributed by atoms with Crippen molar-refractivity contribution in [2.45, 2.75) is 26.4 Å². The molecule has 0 spiro atoms. The Hall–Kier alpha value is -2.05. The molecule has 0 amide bonds. The second kappa shape index (κ2) is 8.70. The Morgan fingerprint density at radius 1 is 1.33 bits per heavy atom. The number of nitrogens with one attached hydrogen (secondary N) is 1. The van der Waals surface area contributed by atoms with E-state index in [0.717, 1.165) is 0 Å². The van der Waals surface area contributed by atoms with Crippen molar-refractivity contribution in [2.75, 3.05) is 0 Å². The van der Waals surface area contributed by atoms with Gasteiger partial charge in [-0.05, 0) is 17.7 Å². The van der Waals surface area contributed by atoms with Crippen molar-refractivity contribution in [3.05, 3.63) is 41.5 Å². The minimum absolute atomic E-state index is 0. The first-order valence-corrected chi connectivity index (χ1v) is 6.49. The third-order valence-corrected chi connectivity index (χ3v) is 2.59. The van der Waals surface area contributed by atoms with Crippen molar-refractivity contribution >= 4 is 29.9 Å². The Morgan fingerprint density at radius 2 is 2.00 bits per heavy atom. The van der Waals surface area contributed by atoms with E-state index in [1.54, 1.807) is 6.92 Å². The van der Waals surface area contributed by atoms with Gasteiger partial charge in [-0.2, -0.15) is 4.98 Å². The highest BCUT2D eigenvalue weighted by Crippen LogP contribution is 2.22. The first-order chi connectivity index (χ1) is 10.8. The summed E-state index contributed by atoms with van der Waals surface area (Å²) in [6.45, 7) is 2.13. The van der Waals surface area contributed by atoms with Gasteiger partial charge in [0.1, 0.15) is 5.75 Å². The maximum Gasteiger partial charge on any atom is 0.573 e. The van der Waals surface area contributed by atoms with Crippen LogP contribution in [0.3, 0.4) is 0 Å². The zero-order valence-corrected chi connectivity index (χ0v) is 14.8. The third kappa shape index (κ3) is 7.02. The Morgan fingerprint density at radius 3 is 2.54 bits per heavy atom. The van der Waals surface area contributed by atoms with E-state index in [2.05, 4.69) is 25.2 Å². The van der Waals surface area contributed by atoms with Gasteiger partial charge in [0, 0.05) is 6.92 Å². The average molecular weight is 457 g/mol. The van der Waals surface area contributed by atoms with Crippen molar-refractivity contribution < 1.29 is 22.4 Å². The van der Waals surface area contributed by atoms with Gasteiger partial charge in [-0.1, -0.05) is 17.3 Å². The minimum Gasteiger partial charge on any atom is -0.406 e. The summed E-state index contributed by atoms with van der Waals surface area (Å²) in [6, 6.07) is 5.37. The van der Waals surface area contributed by atoms with E-state index in [4.69, 9.17) is 10.3 Å². The van der Waals surface area contributed by atoms with E-state index in [-0.39, 0.29) is 48.8 Å². The standard InChI is InChI=1S/C13H14F3N5O2.HI/c1-8-20-11(21-23-8)7-19-12(17)18-6-9-2-4-10(5-3-9)22-13(14,15)16;/h2-5H,6-7H2,1H3,(H3,17,18,19);1H. The number of nitrogens with two attached hydrogens (primary N) is 1. The van der Waals surface area contributed by atoms with Gasteiger partial charge in [0.15, 0.2) is 11.8 Å². The second-order valence-corrected chi connectivity index (χ2v) is 4.48. The Bertz CT molecular complexity index is 673. The lowest BCUT2D eigenvalue weighted by molar-refractivity contribution is -0.274. The molecule has 2 aromatic rings. The fourth-order valence-electron chi connectivity index (χ4n) is 1.61. The van der Waals surface area contributed by atoms with Crippen LogP contribution in [0, 0.1) is 6.92 Å². The SMILES string of the molecule is Cc1nc(CNC(N)=NCc2ccc(OC(F)(F)F)cc2)no1.I. The largest absolute Gasteiger partial charge is 0.573 e. The molecule has 1 heterocycles. The molecule has 0 aliphatic rings. The normalized spacial score (nSPS) is 11.8. The molecule has 0 saturated heterocycles. The predicted octanol–water partition coefficient (Wildman–Crippen LogP) is 2.50. The number of rotatable bonds is 5. The fraction of sp³-hybridized carbons (Fsp3) is 0.308. The van der Waals surface area contributed by atoms with E-state index in [1.807, 2.05) is 0 Å².